The number of hydrogen-bond donors (Lipinski definition) is 2. The van der Waals surface area contributed by atoms with Crippen LogP contribution in [0.15, 0.2) is 41.9 Å². The first-order chi connectivity index (χ1) is 15.7. The lowest BCUT2D eigenvalue weighted by Crippen LogP contribution is -2.36. The molecule has 0 amide bonds. The molecule has 2 N–H and O–H groups in total. The number of morpholine rings is 1. The van der Waals surface area contributed by atoms with Crippen LogP contribution in [0.2, 0.25) is 0 Å². The summed E-state index contributed by atoms with van der Waals surface area (Å²) in [6.07, 6.45) is 5.59. The van der Waals surface area contributed by atoms with E-state index in [2.05, 4.69) is 34.6 Å². The van der Waals surface area contributed by atoms with Gasteiger partial charge in [-0.2, -0.15) is 0 Å². The highest BCUT2D eigenvalue weighted by Gasteiger charge is 2.23. The average molecular weight is 448 g/mol. The molecule has 164 valence electrons. The molecule has 1 fully saturated rings. The second-order valence-corrected chi connectivity index (χ2v) is 8.67. The molecule has 5 rings (SSSR count). The molecule has 0 spiro atoms. The van der Waals surface area contributed by atoms with Crippen LogP contribution in [0.25, 0.3) is 17.5 Å². The predicted molar refractivity (Wildman–Crippen MR) is 128 cm³/mol. The summed E-state index contributed by atoms with van der Waals surface area (Å²) in [5, 5.41) is 9.68. The molecule has 0 radical (unpaired) electrons. The first-order valence-corrected chi connectivity index (χ1v) is 11.7. The van der Waals surface area contributed by atoms with Gasteiger partial charge in [0.05, 0.1) is 29.6 Å². The van der Waals surface area contributed by atoms with Crippen LogP contribution in [0.3, 0.4) is 0 Å². The van der Waals surface area contributed by atoms with E-state index in [1.807, 2.05) is 35.9 Å². The van der Waals surface area contributed by atoms with Gasteiger partial charge in [-0.3, -0.25) is 0 Å². The molecule has 3 aromatic rings. The van der Waals surface area contributed by atoms with E-state index in [4.69, 9.17) is 14.7 Å². The molecule has 8 heteroatoms. The summed E-state index contributed by atoms with van der Waals surface area (Å²) in [6, 6.07) is 9.86. The Hall–Kier alpha value is -3.23. The number of anilines is 3. The third-order valence-corrected chi connectivity index (χ3v) is 6.69. The third kappa shape index (κ3) is 4.11. The van der Waals surface area contributed by atoms with Gasteiger partial charge in [-0.05, 0) is 54.6 Å². The Balaban J connectivity index is 1.49. The number of benzene rings is 1. The van der Waals surface area contributed by atoms with Crippen molar-refractivity contribution in [2.75, 3.05) is 36.5 Å². The molecule has 2 aromatic heterocycles. The number of aryl methyl sites for hydroxylation is 1. The van der Waals surface area contributed by atoms with Gasteiger partial charge in [0.1, 0.15) is 18.1 Å². The minimum atomic E-state index is -0.451. The number of rotatable bonds is 6. The fourth-order valence-corrected chi connectivity index (χ4v) is 4.74. The van der Waals surface area contributed by atoms with Gasteiger partial charge in [0.2, 0.25) is 0 Å². The molecule has 0 bridgehead atoms. The summed E-state index contributed by atoms with van der Waals surface area (Å²) < 4.78 is 5.45. The molecule has 2 aliphatic heterocycles. The maximum Gasteiger partial charge on any atom is 0.146 e. The summed E-state index contributed by atoms with van der Waals surface area (Å²) in [4.78, 5) is 23.7. The van der Waals surface area contributed by atoms with E-state index in [0.717, 1.165) is 72.2 Å². The number of aldehydes is 1. The minimum absolute atomic E-state index is 0.451. The van der Waals surface area contributed by atoms with Crippen LogP contribution in [0.4, 0.5) is 17.2 Å². The topological polar surface area (TPSA) is 79.4 Å². The Morgan fingerprint density at radius 3 is 2.75 bits per heavy atom. The molecule has 1 unspecified atom stereocenters. The highest BCUT2D eigenvalue weighted by atomic mass is 32.1. The quantitative estimate of drug-likeness (QED) is 0.549. The highest BCUT2D eigenvalue weighted by Crippen LogP contribution is 2.34. The number of thiazole rings is 1. The number of carbonyl (C=O) groups is 1. The number of fused-ring (bicyclic) bond motifs is 1. The summed E-state index contributed by atoms with van der Waals surface area (Å²) >= 11 is 1.64. The zero-order valence-electron chi connectivity index (χ0n) is 17.9. The van der Waals surface area contributed by atoms with Crippen molar-refractivity contribution in [2.24, 2.45) is 0 Å². The fourth-order valence-electron chi connectivity index (χ4n) is 4.00. The van der Waals surface area contributed by atoms with E-state index >= 15 is 0 Å². The lowest BCUT2D eigenvalue weighted by Gasteiger charge is -2.29. The van der Waals surface area contributed by atoms with Crippen LogP contribution in [-0.4, -0.2) is 42.6 Å². The molecule has 1 aromatic carbocycles. The number of hydrogen-bond acceptors (Lipinski definition) is 8. The van der Waals surface area contributed by atoms with Crippen LogP contribution in [0.1, 0.15) is 29.1 Å². The van der Waals surface area contributed by atoms with Gasteiger partial charge in [0.25, 0.3) is 0 Å². The molecule has 0 saturated carbocycles. The van der Waals surface area contributed by atoms with Gasteiger partial charge in [0, 0.05) is 35.4 Å². The van der Waals surface area contributed by atoms with Crippen molar-refractivity contribution in [3.05, 3.63) is 58.0 Å². The number of carbonyl (C=O) groups excluding carboxylic acids is 1. The van der Waals surface area contributed by atoms with E-state index in [9.17, 15) is 4.79 Å². The van der Waals surface area contributed by atoms with Gasteiger partial charge < -0.3 is 25.1 Å². The van der Waals surface area contributed by atoms with E-state index in [1.165, 1.54) is 5.69 Å². The maximum atomic E-state index is 11.8. The van der Waals surface area contributed by atoms with E-state index in [1.54, 1.807) is 11.3 Å². The number of aromatic nitrogens is 2. The van der Waals surface area contributed by atoms with Gasteiger partial charge >= 0.3 is 0 Å². The largest absolute Gasteiger partial charge is 0.378 e. The lowest BCUT2D eigenvalue weighted by molar-refractivity contribution is -0.109. The normalized spacial score (nSPS) is 17.5. The van der Waals surface area contributed by atoms with Crippen LogP contribution in [-0.2, 0) is 16.0 Å². The molecule has 32 heavy (non-hydrogen) atoms. The smallest absolute Gasteiger partial charge is 0.146 e. The zero-order valence-corrected chi connectivity index (χ0v) is 18.7. The number of ether oxygens (including phenoxy) is 1. The average Bonchev–Trinajstić information content (AvgIpc) is 3.34. The summed E-state index contributed by atoms with van der Waals surface area (Å²) in [6.45, 7) is 5.41. The molecular formula is C24H25N5O2S. The van der Waals surface area contributed by atoms with E-state index in [-0.39, 0.29) is 0 Å². The summed E-state index contributed by atoms with van der Waals surface area (Å²) in [7, 11) is 0. The van der Waals surface area contributed by atoms with Crippen LogP contribution in [0, 0.1) is 0 Å². The van der Waals surface area contributed by atoms with Crippen molar-refractivity contribution in [2.45, 2.75) is 19.4 Å². The highest BCUT2D eigenvalue weighted by molar-refractivity contribution is 7.09. The number of pyridine rings is 1. The summed E-state index contributed by atoms with van der Waals surface area (Å²) in [5.41, 5.74) is 5.55. The second kappa shape index (κ2) is 9.10. The molecule has 4 heterocycles. The van der Waals surface area contributed by atoms with E-state index < -0.39 is 6.04 Å². The van der Waals surface area contributed by atoms with Gasteiger partial charge in [0.15, 0.2) is 0 Å². The molecule has 7 nitrogen and oxygen atoms in total. The zero-order chi connectivity index (χ0) is 21.9. The van der Waals surface area contributed by atoms with Crippen molar-refractivity contribution in [3.63, 3.8) is 0 Å². The minimum Gasteiger partial charge on any atom is -0.378 e. The van der Waals surface area contributed by atoms with E-state index in [0.29, 0.717) is 5.82 Å². The molecule has 1 atom stereocenters. The SMILES string of the molecule is CCc1nc(-c2cc3c(c(Nc4ccc(N5CCOCC5)cc4)n2)C(C=O)NC=C3)cs1. The van der Waals surface area contributed by atoms with Gasteiger partial charge in [-0.15, -0.1) is 11.3 Å². The Kier molecular flexibility index (Phi) is 5.87. The van der Waals surface area contributed by atoms with Crippen LogP contribution < -0.4 is 15.5 Å². The molecule has 0 aliphatic carbocycles. The van der Waals surface area contributed by atoms with Crippen molar-refractivity contribution < 1.29 is 9.53 Å². The lowest BCUT2D eigenvalue weighted by atomic mass is 9.98. The Morgan fingerprint density at radius 1 is 1.22 bits per heavy atom. The first kappa shape index (κ1) is 20.7. The molecular weight excluding hydrogens is 422 g/mol. The van der Waals surface area contributed by atoms with Crippen molar-refractivity contribution >= 4 is 40.9 Å². The van der Waals surface area contributed by atoms with Crippen LogP contribution >= 0.6 is 11.3 Å². The Morgan fingerprint density at radius 2 is 2.03 bits per heavy atom. The van der Waals surface area contributed by atoms with Crippen molar-refractivity contribution in [1.29, 1.82) is 0 Å². The Bertz CT molecular complexity index is 1140. The standard InChI is InChI=1S/C24H25N5O2S/c1-2-22-27-21(15-32-22)19-13-16-7-8-25-20(14-30)23(16)24(28-19)26-17-3-5-18(6-4-17)29-9-11-31-12-10-29/h3-8,13-15,20,25H,2,9-12H2,1H3,(H,26,28). The summed E-state index contributed by atoms with van der Waals surface area (Å²) in [5.74, 6) is 0.664. The molecule has 2 aliphatic rings. The van der Waals surface area contributed by atoms with Gasteiger partial charge in [-0.1, -0.05) is 6.92 Å². The Labute approximate surface area is 191 Å². The first-order valence-electron chi connectivity index (χ1n) is 10.8. The van der Waals surface area contributed by atoms with Gasteiger partial charge in [-0.25, -0.2) is 9.97 Å². The molecule has 1 saturated heterocycles. The van der Waals surface area contributed by atoms with Crippen molar-refractivity contribution in [1.82, 2.24) is 15.3 Å². The fraction of sp³-hybridized carbons (Fsp3) is 0.292. The third-order valence-electron chi connectivity index (χ3n) is 5.70. The van der Waals surface area contributed by atoms with Crippen LogP contribution in [0.5, 0.6) is 0 Å². The number of nitrogens with zero attached hydrogens (tertiary/aromatic N) is 3. The number of nitrogens with one attached hydrogen (secondary N) is 2. The second-order valence-electron chi connectivity index (χ2n) is 7.72. The van der Waals surface area contributed by atoms with Crippen molar-refractivity contribution in [3.8, 4) is 11.4 Å². The monoisotopic (exact) mass is 447 g/mol. The predicted octanol–water partition coefficient (Wildman–Crippen LogP) is 4.16. The maximum absolute atomic E-state index is 11.8.